The Hall–Kier alpha value is -1.55. The van der Waals surface area contributed by atoms with Crippen molar-refractivity contribution in [1.29, 1.82) is 0 Å². The van der Waals surface area contributed by atoms with Gasteiger partial charge >= 0.3 is 5.97 Å². The first-order valence-electron chi connectivity index (χ1n) is 10.8. The molecule has 4 heteroatoms. The van der Waals surface area contributed by atoms with E-state index in [1.807, 2.05) is 0 Å². The van der Waals surface area contributed by atoms with E-state index in [1.165, 1.54) is 23.7 Å². The lowest BCUT2D eigenvalue weighted by atomic mass is 9.86. The minimum atomic E-state index is -1.76. The van der Waals surface area contributed by atoms with Crippen molar-refractivity contribution in [3.8, 4) is 0 Å². The van der Waals surface area contributed by atoms with Gasteiger partial charge in [0.1, 0.15) is 5.76 Å². The molecule has 2 aliphatic rings. The lowest BCUT2D eigenvalue weighted by molar-refractivity contribution is -0.134. The van der Waals surface area contributed by atoms with Crippen LogP contribution in [0.15, 0.2) is 18.2 Å². The Balaban J connectivity index is 2.17. The molecule has 0 atom stereocenters. The SMILES string of the molecule is CC(=O)OC1=CC(C)(C)c2cc3c(cc21)N([Si](C(C)C)(C(C)C)C(C)C)CC3. The van der Waals surface area contributed by atoms with Crippen LogP contribution in [0.3, 0.4) is 0 Å². The van der Waals surface area contributed by atoms with Crippen molar-refractivity contribution in [2.45, 2.75) is 90.8 Å². The number of hydrogen-bond donors (Lipinski definition) is 0. The van der Waals surface area contributed by atoms with Crippen molar-refractivity contribution in [3.63, 3.8) is 0 Å². The molecule has 3 rings (SSSR count). The van der Waals surface area contributed by atoms with Crippen molar-refractivity contribution in [2.24, 2.45) is 0 Å². The van der Waals surface area contributed by atoms with Gasteiger partial charge in [-0.25, -0.2) is 0 Å². The molecule has 1 heterocycles. The average molecular weight is 400 g/mol. The fourth-order valence-electron chi connectivity index (χ4n) is 6.23. The maximum Gasteiger partial charge on any atom is 0.308 e. The molecule has 0 bridgehead atoms. The number of ether oxygens (including phenoxy) is 1. The standard InChI is InChI=1S/C24H37NO2Si/c1-15(2)28(16(3)4,17(5)6)25-11-10-19-12-21-20(13-22(19)25)23(27-18(7)26)14-24(21,8)9/h12-17H,10-11H2,1-9H3. The van der Waals surface area contributed by atoms with Gasteiger partial charge in [-0.2, -0.15) is 0 Å². The van der Waals surface area contributed by atoms with Crippen molar-refractivity contribution < 1.29 is 9.53 Å². The second kappa shape index (κ2) is 7.05. The molecule has 1 aliphatic heterocycles. The van der Waals surface area contributed by atoms with Gasteiger partial charge in [0.15, 0.2) is 8.24 Å². The molecule has 0 aromatic heterocycles. The fourth-order valence-corrected chi connectivity index (χ4v) is 13.2. The second-order valence-electron chi connectivity index (χ2n) is 10.1. The Labute approximate surface area is 172 Å². The summed E-state index contributed by atoms with van der Waals surface area (Å²) in [5.41, 5.74) is 7.15. The smallest absolute Gasteiger partial charge is 0.308 e. The summed E-state index contributed by atoms with van der Waals surface area (Å²) in [7, 11) is -1.76. The van der Waals surface area contributed by atoms with Gasteiger partial charge in [-0.15, -0.1) is 0 Å². The highest BCUT2D eigenvalue weighted by atomic mass is 28.3. The number of benzene rings is 1. The van der Waals surface area contributed by atoms with Gasteiger partial charge in [-0.05, 0) is 46.3 Å². The van der Waals surface area contributed by atoms with Crippen LogP contribution in [0.5, 0.6) is 0 Å². The summed E-state index contributed by atoms with van der Waals surface area (Å²) >= 11 is 0. The lowest BCUT2D eigenvalue weighted by Gasteiger charge is -2.51. The van der Waals surface area contributed by atoms with Crippen molar-refractivity contribution >= 4 is 25.7 Å². The molecule has 28 heavy (non-hydrogen) atoms. The summed E-state index contributed by atoms with van der Waals surface area (Å²) < 4.78 is 8.42. The number of nitrogens with zero attached hydrogens (tertiary/aromatic N) is 1. The quantitative estimate of drug-likeness (QED) is 0.422. The Kier molecular flexibility index (Phi) is 5.33. The van der Waals surface area contributed by atoms with Crippen LogP contribution in [0.1, 0.15) is 79.0 Å². The van der Waals surface area contributed by atoms with E-state index in [4.69, 9.17) is 4.74 Å². The maximum atomic E-state index is 11.7. The van der Waals surface area contributed by atoms with Crippen LogP contribution >= 0.6 is 0 Å². The van der Waals surface area contributed by atoms with E-state index in [1.54, 1.807) is 0 Å². The molecule has 1 aromatic rings. The molecule has 154 valence electrons. The van der Waals surface area contributed by atoms with Gasteiger partial charge in [-0.3, -0.25) is 4.79 Å². The van der Waals surface area contributed by atoms with Gasteiger partial charge in [0, 0.05) is 30.1 Å². The molecule has 0 N–H and O–H groups in total. The highest BCUT2D eigenvalue weighted by molar-refractivity contribution is 6.86. The molecule has 0 saturated heterocycles. The predicted octanol–water partition coefficient (Wildman–Crippen LogP) is 6.42. The molecule has 0 amide bonds. The summed E-state index contributed by atoms with van der Waals surface area (Å²) in [6.45, 7) is 21.5. The monoisotopic (exact) mass is 399 g/mol. The zero-order valence-electron chi connectivity index (χ0n) is 19.1. The molecule has 1 aromatic carbocycles. The number of rotatable bonds is 5. The van der Waals surface area contributed by atoms with E-state index in [-0.39, 0.29) is 11.4 Å². The van der Waals surface area contributed by atoms with Crippen LogP contribution < -0.4 is 4.57 Å². The van der Waals surface area contributed by atoms with Gasteiger partial charge in [0.05, 0.1) is 0 Å². The number of fused-ring (bicyclic) bond motifs is 2. The highest BCUT2D eigenvalue weighted by Crippen LogP contribution is 2.51. The molecular weight excluding hydrogens is 362 g/mol. The average Bonchev–Trinajstić information content (AvgIpc) is 3.05. The Morgan fingerprint density at radius 3 is 2.14 bits per heavy atom. The molecular formula is C24H37NO2Si. The van der Waals surface area contributed by atoms with E-state index < -0.39 is 8.24 Å². The third kappa shape index (κ3) is 3.04. The first-order valence-corrected chi connectivity index (χ1v) is 13.0. The van der Waals surface area contributed by atoms with Crippen LogP contribution in [0.25, 0.3) is 5.76 Å². The van der Waals surface area contributed by atoms with Gasteiger partial charge < -0.3 is 9.30 Å². The number of hydrogen-bond acceptors (Lipinski definition) is 3. The van der Waals surface area contributed by atoms with Gasteiger partial charge in [0.25, 0.3) is 0 Å². The van der Waals surface area contributed by atoms with E-state index >= 15 is 0 Å². The van der Waals surface area contributed by atoms with Crippen molar-refractivity contribution in [2.75, 3.05) is 11.1 Å². The first kappa shape index (κ1) is 21.2. The second-order valence-corrected chi connectivity index (χ2v) is 15.9. The van der Waals surface area contributed by atoms with Crippen molar-refractivity contribution in [3.05, 3.63) is 34.9 Å². The third-order valence-corrected chi connectivity index (χ3v) is 14.0. The van der Waals surface area contributed by atoms with E-state index in [2.05, 4.69) is 78.2 Å². The molecule has 3 nitrogen and oxygen atoms in total. The predicted molar refractivity (Wildman–Crippen MR) is 121 cm³/mol. The number of anilines is 1. The molecule has 0 saturated carbocycles. The van der Waals surface area contributed by atoms with Gasteiger partial charge in [0.2, 0.25) is 0 Å². The molecule has 0 fully saturated rings. The Morgan fingerprint density at radius 2 is 1.64 bits per heavy atom. The Morgan fingerprint density at radius 1 is 1.07 bits per heavy atom. The number of allylic oxidation sites excluding steroid dienone is 1. The minimum absolute atomic E-state index is 0.106. The zero-order valence-corrected chi connectivity index (χ0v) is 20.1. The molecule has 0 unspecified atom stereocenters. The summed E-state index contributed by atoms with van der Waals surface area (Å²) in [4.78, 5) is 11.7. The van der Waals surface area contributed by atoms with E-state index in [0.29, 0.717) is 16.6 Å². The van der Waals surface area contributed by atoms with Gasteiger partial charge in [-0.1, -0.05) is 61.5 Å². The zero-order chi connectivity index (χ0) is 21.0. The summed E-state index contributed by atoms with van der Waals surface area (Å²) in [5, 5.41) is 0. The molecule has 0 radical (unpaired) electrons. The summed E-state index contributed by atoms with van der Waals surface area (Å²) in [6, 6.07) is 4.72. The van der Waals surface area contributed by atoms with Crippen LogP contribution in [-0.2, 0) is 21.4 Å². The number of esters is 1. The lowest BCUT2D eigenvalue weighted by Crippen LogP contribution is -2.60. The Bertz CT molecular complexity index is 798. The summed E-state index contributed by atoms with van der Waals surface area (Å²) in [5.74, 6) is 0.482. The molecule has 1 aliphatic carbocycles. The van der Waals surface area contributed by atoms with E-state index in [0.717, 1.165) is 24.3 Å². The normalized spacial score (nSPS) is 18.0. The topological polar surface area (TPSA) is 29.5 Å². The van der Waals surface area contributed by atoms with Crippen LogP contribution in [0.2, 0.25) is 16.6 Å². The largest absolute Gasteiger partial charge is 0.426 e. The van der Waals surface area contributed by atoms with Crippen molar-refractivity contribution in [1.82, 2.24) is 0 Å². The van der Waals surface area contributed by atoms with Crippen LogP contribution in [-0.4, -0.2) is 20.7 Å². The van der Waals surface area contributed by atoms with E-state index in [9.17, 15) is 4.79 Å². The minimum Gasteiger partial charge on any atom is -0.426 e. The highest BCUT2D eigenvalue weighted by Gasteiger charge is 2.50. The molecule has 0 spiro atoms. The third-order valence-electron chi connectivity index (χ3n) is 7.06. The van der Waals surface area contributed by atoms with Crippen LogP contribution in [0.4, 0.5) is 5.69 Å². The summed E-state index contributed by atoms with van der Waals surface area (Å²) in [6.07, 6.45) is 3.22. The fraction of sp³-hybridized carbons (Fsp3) is 0.625. The first-order chi connectivity index (χ1) is 12.9. The van der Waals surface area contributed by atoms with Crippen LogP contribution in [0, 0.1) is 0 Å². The number of carbonyl (C=O) groups is 1. The number of carbonyl (C=O) groups excluding carboxylic acids is 1. The maximum absolute atomic E-state index is 11.7.